The van der Waals surface area contributed by atoms with Gasteiger partial charge < -0.3 is 24.8 Å². The number of benzene rings is 2. The van der Waals surface area contributed by atoms with Crippen LogP contribution in [0.3, 0.4) is 0 Å². The predicted octanol–water partition coefficient (Wildman–Crippen LogP) is 2.11. The Labute approximate surface area is 186 Å². The van der Waals surface area contributed by atoms with Crippen LogP contribution >= 0.6 is 0 Å². The van der Waals surface area contributed by atoms with E-state index in [2.05, 4.69) is 10.3 Å². The van der Waals surface area contributed by atoms with Crippen molar-refractivity contribution in [1.82, 2.24) is 15.0 Å². The largest absolute Gasteiger partial charge is 0.506 e. The number of aromatic hydroxyl groups is 1. The Hall–Kier alpha value is -4.60. The molecule has 2 aromatic carbocycles. The third kappa shape index (κ3) is 4.26. The minimum absolute atomic E-state index is 0.0163. The van der Waals surface area contributed by atoms with Gasteiger partial charge in [-0.05, 0) is 36.2 Å². The van der Waals surface area contributed by atoms with Gasteiger partial charge in [-0.3, -0.25) is 14.4 Å². The van der Waals surface area contributed by atoms with E-state index in [1.807, 2.05) is 19.1 Å². The average molecular weight is 449 g/mol. The van der Waals surface area contributed by atoms with Gasteiger partial charge in [0, 0.05) is 10.9 Å². The molecule has 3 N–H and O–H groups in total. The number of aryl methyl sites for hydroxylation is 1. The SMILES string of the molecule is Cc1cc(COn2c(=O)c(C(=O)NCC(=O)O)c(O)c3ccccc32)ccc1-c1ncco1. The van der Waals surface area contributed by atoms with Gasteiger partial charge in [0.1, 0.15) is 25.2 Å². The molecule has 2 aromatic heterocycles. The quantitative estimate of drug-likeness (QED) is 0.389. The van der Waals surface area contributed by atoms with Crippen LogP contribution in [0.4, 0.5) is 0 Å². The Balaban J connectivity index is 1.69. The van der Waals surface area contributed by atoms with E-state index < -0.39 is 35.3 Å². The first-order valence-corrected chi connectivity index (χ1v) is 9.86. The molecular weight excluding hydrogens is 430 g/mol. The van der Waals surface area contributed by atoms with Gasteiger partial charge in [0.05, 0.1) is 11.7 Å². The fraction of sp³-hybridized carbons (Fsp3) is 0.130. The number of para-hydroxylation sites is 1. The Morgan fingerprint density at radius 1 is 1.21 bits per heavy atom. The second-order valence-corrected chi connectivity index (χ2v) is 7.18. The molecule has 4 aromatic rings. The topological polar surface area (TPSA) is 144 Å². The highest BCUT2D eigenvalue weighted by Gasteiger charge is 2.23. The summed E-state index contributed by atoms with van der Waals surface area (Å²) in [5.41, 5.74) is 1.17. The number of carboxylic acids is 1. The summed E-state index contributed by atoms with van der Waals surface area (Å²) in [6.45, 7) is 1.16. The number of rotatable bonds is 7. The van der Waals surface area contributed by atoms with Gasteiger partial charge in [0.25, 0.3) is 11.5 Å². The molecule has 0 radical (unpaired) electrons. The van der Waals surface area contributed by atoms with Gasteiger partial charge >= 0.3 is 5.97 Å². The predicted molar refractivity (Wildman–Crippen MR) is 117 cm³/mol. The van der Waals surface area contributed by atoms with Gasteiger partial charge in [-0.15, -0.1) is 4.73 Å². The number of carboxylic acid groups (broad SMARTS) is 1. The highest BCUT2D eigenvalue weighted by atomic mass is 16.7. The normalized spacial score (nSPS) is 10.8. The molecule has 0 bridgehead atoms. The van der Waals surface area contributed by atoms with Crippen LogP contribution in [0.5, 0.6) is 5.75 Å². The zero-order valence-electron chi connectivity index (χ0n) is 17.4. The van der Waals surface area contributed by atoms with Crippen molar-refractivity contribution in [2.24, 2.45) is 0 Å². The number of nitrogens with zero attached hydrogens (tertiary/aromatic N) is 2. The summed E-state index contributed by atoms with van der Waals surface area (Å²) in [5.74, 6) is -2.37. The maximum Gasteiger partial charge on any atom is 0.322 e. The third-order valence-corrected chi connectivity index (χ3v) is 4.95. The van der Waals surface area contributed by atoms with Gasteiger partial charge in [-0.2, -0.15) is 0 Å². The maximum absolute atomic E-state index is 13.0. The Kier molecular flexibility index (Phi) is 5.81. The van der Waals surface area contributed by atoms with Crippen LogP contribution in [-0.4, -0.2) is 38.3 Å². The summed E-state index contributed by atoms with van der Waals surface area (Å²) < 4.78 is 6.25. The van der Waals surface area contributed by atoms with Gasteiger partial charge in [-0.25, -0.2) is 4.98 Å². The van der Waals surface area contributed by atoms with Crippen LogP contribution in [-0.2, 0) is 11.4 Å². The summed E-state index contributed by atoms with van der Waals surface area (Å²) in [7, 11) is 0. The summed E-state index contributed by atoms with van der Waals surface area (Å²) in [4.78, 5) is 46.1. The summed E-state index contributed by atoms with van der Waals surface area (Å²) in [6.07, 6.45) is 3.04. The molecule has 0 saturated carbocycles. The van der Waals surface area contributed by atoms with E-state index in [4.69, 9.17) is 14.4 Å². The monoisotopic (exact) mass is 449 g/mol. The van der Waals surface area contributed by atoms with Gasteiger partial charge in [0.15, 0.2) is 5.56 Å². The molecule has 10 nitrogen and oxygen atoms in total. The summed E-state index contributed by atoms with van der Waals surface area (Å²) >= 11 is 0. The first-order chi connectivity index (χ1) is 15.9. The number of amides is 1. The number of oxazole rings is 1. The second kappa shape index (κ2) is 8.87. The molecule has 1 amide bonds. The standard InChI is InChI=1S/C23H19N3O7/c1-13-10-14(6-7-15(13)22-24-8-9-32-22)12-33-26-17-5-3-2-4-16(17)20(29)19(23(26)31)21(30)25-11-18(27)28/h2-10,29H,11-12H2,1H3,(H,25,30)(H,27,28). The molecule has 0 aliphatic rings. The molecule has 0 saturated heterocycles. The van der Waals surface area contributed by atoms with Crippen molar-refractivity contribution in [1.29, 1.82) is 0 Å². The number of aliphatic carboxylic acids is 1. The van der Waals surface area contributed by atoms with E-state index in [0.717, 1.165) is 21.4 Å². The average Bonchev–Trinajstić information content (AvgIpc) is 3.32. The molecule has 0 aliphatic carbocycles. The second-order valence-electron chi connectivity index (χ2n) is 7.18. The van der Waals surface area contributed by atoms with Crippen LogP contribution in [0.25, 0.3) is 22.4 Å². The number of hydrogen-bond donors (Lipinski definition) is 3. The molecule has 0 spiro atoms. The van der Waals surface area contributed by atoms with Crippen molar-refractivity contribution in [2.45, 2.75) is 13.5 Å². The van der Waals surface area contributed by atoms with Gasteiger partial charge in [0.2, 0.25) is 5.89 Å². The molecular formula is C23H19N3O7. The number of carbonyl (C=O) groups is 2. The van der Waals surface area contributed by atoms with Crippen molar-refractivity contribution in [3.63, 3.8) is 0 Å². The third-order valence-electron chi connectivity index (χ3n) is 4.95. The van der Waals surface area contributed by atoms with Gasteiger partial charge in [-0.1, -0.05) is 24.3 Å². The molecule has 0 aliphatic heterocycles. The van der Waals surface area contributed by atoms with Crippen LogP contribution in [0.2, 0.25) is 0 Å². The van der Waals surface area contributed by atoms with Crippen molar-refractivity contribution in [3.05, 3.63) is 82.0 Å². The van der Waals surface area contributed by atoms with E-state index in [1.165, 1.54) is 12.3 Å². The van der Waals surface area contributed by atoms with E-state index in [9.17, 15) is 19.5 Å². The first kappa shape index (κ1) is 21.6. The van der Waals surface area contributed by atoms with E-state index in [-0.39, 0.29) is 17.5 Å². The molecule has 10 heteroatoms. The zero-order chi connectivity index (χ0) is 23.5. The number of carbonyl (C=O) groups excluding carboxylic acids is 1. The molecule has 0 fully saturated rings. The maximum atomic E-state index is 13.0. The Morgan fingerprint density at radius 2 is 2.00 bits per heavy atom. The smallest absolute Gasteiger partial charge is 0.322 e. The number of hydrogen-bond acceptors (Lipinski definition) is 7. The molecule has 0 atom stereocenters. The number of fused-ring (bicyclic) bond motifs is 1. The lowest BCUT2D eigenvalue weighted by Crippen LogP contribution is -2.37. The van der Waals surface area contributed by atoms with E-state index in [0.29, 0.717) is 5.89 Å². The van der Waals surface area contributed by atoms with Crippen LogP contribution < -0.4 is 15.7 Å². The van der Waals surface area contributed by atoms with Crippen molar-refractivity contribution in [2.75, 3.05) is 6.54 Å². The molecule has 168 valence electrons. The molecule has 2 heterocycles. The van der Waals surface area contributed by atoms with Crippen molar-refractivity contribution < 1.29 is 29.1 Å². The minimum atomic E-state index is -1.29. The zero-order valence-corrected chi connectivity index (χ0v) is 17.4. The molecule has 33 heavy (non-hydrogen) atoms. The fourth-order valence-electron chi connectivity index (χ4n) is 3.43. The highest BCUT2D eigenvalue weighted by molar-refractivity contribution is 6.03. The van der Waals surface area contributed by atoms with Crippen molar-refractivity contribution in [3.8, 4) is 17.2 Å². The number of aromatic nitrogens is 2. The van der Waals surface area contributed by atoms with Crippen LogP contribution in [0, 0.1) is 6.92 Å². The Morgan fingerprint density at radius 3 is 2.70 bits per heavy atom. The minimum Gasteiger partial charge on any atom is -0.506 e. The fourth-order valence-corrected chi connectivity index (χ4v) is 3.43. The first-order valence-electron chi connectivity index (χ1n) is 9.86. The molecule has 0 unspecified atom stereocenters. The number of nitrogens with one attached hydrogen (secondary N) is 1. The summed E-state index contributed by atoms with van der Waals surface area (Å²) in [6, 6.07) is 11.8. The summed E-state index contributed by atoms with van der Waals surface area (Å²) in [5, 5.41) is 21.6. The lowest BCUT2D eigenvalue weighted by molar-refractivity contribution is -0.135. The van der Waals surface area contributed by atoms with E-state index in [1.54, 1.807) is 30.5 Å². The van der Waals surface area contributed by atoms with Crippen LogP contribution in [0.15, 0.2) is 64.1 Å². The van der Waals surface area contributed by atoms with E-state index >= 15 is 0 Å². The Bertz CT molecular complexity index is 1410. The lowest BCUT2D eigenvalue weighted by Gasteiger charge is -2.15. The van der Waals surface area contributed by atoms with Crippen molar-refractivity contribution >= 4 is 22.8 Å². The molecule has 4 rings (SSSR count). The number of pyridine rings is 1. The highest BCUT2D eigenvalue weighted by Crippen LogP contribution is 2.26. The lowest BCUT2D eigenvalue weighted by atomic mass is 10.1. The van der Waals surface area contributed by atoms with Crippen LogP contribution in [0.1, 0.15) is 21.5 Å².